The van der Waals surface area contributed by atoms with E-state index in [2.05, 4.69) is 19.2 Å². The van der Waals surface area contributed by atoms with Gasteiger partial charge in [0.2, 0.25) is 0 Å². The second-order valence-corrected chi connectivity index (χ2v) is 5.62. The molecule has 0 spiro atoms. The van der Waals surface area contributed by atoms with E-state index in [9.17, 15) is 4.79 Å². The third kappa shape index (κ3) is 5.83. The monoisotopic (exact) mass is 334 g/mol. The lowest BCUT2D eigenvalue weighted by Gasteiger charge is -2.11. The first kappa shape index (κ1) is 18.8. The van der Waals surface area contributed by atoms with E-state index in [1.54, 1.807) is 18.2 Å². The number of rotatable bonds is 6. The predicted octanol–water partition coefficient (Wildman–Crippen LogP) is 3.66. The van der Waals surface area contributed by atoms with E-state index >= 15 is 0 Å². The van der Waals surface area contributed by atoms with Crippen molar-refractivity contribution in [2.75, 3.05) is 12.3 Å². The number of halogens is 1. The molecule has 0 saturated carbocycles. The molecule has 0 heterocycles. The molecule has 2 aromatic rings. The summed E-state index contributed by atoms with van der Waals surface area (Å²) in [5.74, 6) is 1.12. The maximum absolute atomic E-state index is 12.1. The number of ether oxygens (including phenoxy) is 1. The normalized spacial score (nSPS) is 10.0. The van der Waals surface area contributed by atoms with E-state index in [1.807, 2.05) is 30.3 Å². The number of nitrogens with one attached hydrogen (secondary N) is 1. The van der Waals surface area contributed by atoms with Crippen molar-refractivity contribution in [3.05, 3.63) is 59.7 Å². The first-order valence-corrected chi connectivity index (χ1v) is 7.40. The standard InChI is InChI=1S/C18H22N2O2.ClH/c1-13(2)12-22-15-7-5-6-14(10-15)11-20-18(21)16-8-3-4-9-17(16)19;/h3-10,13H,11-12,19H2,1-2H3,(H,20,21);1H. The van der Waals surface area contributed by atoms with Crippen LogP contribution >= 0.6 is 12.4 Å². The molecule has 0 radical (unpaired) electrons. The van der Waals surface area contributed by atoms with Gasteiger partial charge in [-0.15, -0.1) is 12.4 Å². The van der Waals surface area contributed by atoms with Gasteiger partial charge in [0.05, 0.1) is 12.2 Å². The molecule has 0 aromatic heterocycles. The Balaban J connectivity index is 0.00000264. The minimum atomic E-state index is -0.174. The summed E-state index contributed by atoms with van der Waals surface area (Å²) in [7, 11) is 0. The van der Waals surface area contributed by atoms with Crippen LogP contribution in [0.2, 0.25) is 0 Å². The molecule has 4 nitrogen and oxygen atoms in total. The van der Waals surface area contributed by atoms with Gasteiger partial charge in [0.25, 0.3) is 5.91 Å². The third-order valence-corrected chi connectivity index (χ3v) is 3.14. The van der Waals surface area contributed by atoms with Crippen molar-refractivity contribution in [1.82, 2.24) is 5.32 Å². The van der Waals surface area contributed by atoms with E-state index in [0.29, 0.717) is 30.3 Å². The molecular formula is C18H23ClN2O2. The smallest absolute Gasteiger partial charge is 0.253 e. The van der Waals surface area contributed by atoms with Crippen LogP contribution in [0.3, 0.4) is 0 Å². The molecule has 124 valence electrons. The number of amides is 1. The Bertz CT molecular complexity index is 644. The highest BCUT2D eigenvalue weighted by atomic mass is 35.5. The zero-order valence-corrected chi connectivity index (χ0v) is 14.2. The number of anilines is 1. The topological polar surface area (TPSA) is 64.3 Å². The first-order valence-electron chi connectivity index (χ1n) is 7.40. The Morgan fingerprint density at radius 1 is 1.17 bits per heavy atom. The summed E-state index contributed by atoms with van der Waals surface area (Å²) in [5, 5.41) is 2.87. The molecule has 0 saturated heterocycles. The largest absolute Gasteiger partial charge is 0.493 e. The zero-order chi connectivity index (χ0) is 15.9. The van der Waals surface area contributed by atoms with E-state index in [1.165, 1.54) is 0 Å². The van der Waals surface area contributed by atoms with Crippen LogP contribution in [0.5, 0.6) is 5.75 Å². The lowest BCUT2D eigenvalue weighted by Crippen LogP contribution is -2.23. The van der Waals surface area contributed by atoms with Gasteiger partial charge in [-0.1, -0.05) is 38.1 Å². The number of nitrogens with two attached hydrogens (primary N) is 1. The molecule has 0 bridgehead atoms. The first-order chi connectivity index (χ1) is 10.6. The summed E-state index contributed by atoms with van der Waals surface area (Å²) < 4.78 is 5.69. The third-order valence-electron chi connectivity index (χ3n) is 3.14. The highest BCUT2D eigenvalue weighted by Crippen LogP contribution is 2.15. The second kappa shape index (κ2) is 9.06. The van der Waals surface area contributed by atoms with Gasteiger partial charge in [-0.05, 0) is 35.7 Å². The highest BCUT2D eigenvalue weighted by Gasteiger charge is 2.08. The molecule has 23 heavy (non-hydrogen) atoms. The molecule has 0 atom stereocenters. The van der Waals surface area contributed by atoms with Gasteiger partial charge in [-0.3, -0.25) is 4.79 Å². The predicted molar refractivity (Wildman–Crippen MR) is 96.0 cm³/mol. The Morgan fingerprint density at radius 2 is 1.91 bits per heavy atom. The number of benzene rings is 2. The molecule has 0 aliphatic carbocycles. The number of carbonyl (C=O) groups is 1. The number of para-hydroxylation sites is 1. The van der Waals surface area contributed by atoms with Crippen LogP contribution in [0.1, 0.15) is 29.8 Å². The fourth-order valence-electron chi connectivity index (χ4n) is 1.99. The molecular weight excluding hydrogens is 312 g/mol. The average molecular weight is 335 g/mol. The van der Waals surface area contributed by atoms with Gasteiger partial charge < -0.3 is 15.8 Å². The SMILES string of the molecule is CC(C)COc1cccc(CNC(=O)c2ccccc2N)c1.Cl. The van der Waals surface area contributed by atoms with Gasteiger partial charge in [0.1, 0.15) is 5.75 Å². The average Bonchev–Trinajstić information content (AvgIpc) is 2.51. The second-order valence-electron chi connectivity index (χ2n) is 5.62. The van der Waals surface area contributed by atoms with E-state index < -0.39 is 0 Å². The van der Waals surface area contributed by atoms with Crippen molar-refractivity contribution >= 4 is 24.0 Å². The molecule has 2 rings (SSSR count). The van der Waals surface area contributed by atoms with Crippen molar-refractivity contribution in [2.45, 2.75) is 20.4 Å². The Hall–Kier alpha value is -2.20. The summed E-state index contributed by atoms with van der Waals surface area (Å²) >= 11 is 0. The van der Waals surface area contributed by atoms with Crippen LogP contribution in [0.4, 0.5) is 5.69 Å². The van der Waals surface area contributed by atoms with Crippen LogP contribution < -0.4 is 15.8 Å². The van der Waals surface area contributed by atoms with Crippen LogP contribution in [-0.2, 0) is 6.54 Å². The summed E-state index contributed by atoms with van der Waals surface area (Å²) in [5.41, 5.74) is 7.77. The molecule has 5 heteroatoms. The van der Waals surface area contributed by atoms with E-state index in [4.69, 9.17) is 10.5 Å². The van der Waals surface area contributed by atoms with Crippen molar-refractivity contribution in [1.29, 1.82) is 0 Å². The van der Waals surface area contributed by atoms with Crippen molar-refractivity contribution < 1.29 is 9.53 Å². The van der Waals surface area contributed by atoms with Crippen LogP contribution in [0, 0.1) is 5.92 Å². The van der Waals surface area contributed by atoms with E-state index in [-0.39, 0.29) is 18.3 Å². The van der Waals surface area contributed by atoms with Crippen molar-refractivity contribution in [3.63, 3.8) is 0 Å². The highest BCUT2D eigenvalue weighted by molar-refractivity contribution is 5.98. The Kier molecular flexibility index (Phi) is 7.42. The Labute approximate surface area is 143 Å². The number of hydrogen-bond acceptors (Lipinski definition) is 3. The van der Waals surface area contributed by atoms with Gasteiger partial charge in [0, 0.05) is 12.2 Å². The molecule has 3 N–H and O–H groups in total. The van der Waals surface area contributed by atoms with Crippen LogP contribution in [0.25, 0.3) is 0 Å². The van der Waals surface area contributed by atoms with E-state index in [0.717, 1.165) is 11.3 Å². The van der Waals surface area contributed by atoms with Crippen LogP contribution in [0.15, 0.2) is 48.5 Å². The summed E-state index contributed by atoms with van der Waals surface area (Å²) in [6.07, 6.45) is 0. The minimum Gasteiger partial charge on any atom is -0.493 e. The minimum absolute atomic E-state index is 0. The summed E-state index contributed by atoms with van der Waals surface area (Å²) in [6, 6.07) is 14.8. The van der Waals surface area contributed by atoms with Crippen molar-refractivity contribution in [2.24, 2.45) is 5.92 Å². The lowest BCUT2D eigenvalue weighted by atomic mass is 10.1. The quantitative estimate of drug-likeness (QED) is 0.792. The maximum atomic E-state index is 12.1. The molecule has 1 amide bonds. The lowest BCUT2D eigenvalue weighted by molar-refractivity contribution is 0.0951. The molecule has 0 fully saturated rings. The fraction of sp³-hybridized carbons (Fsp3) is 0.278. The zero-order valence-electron chi connectivity index (χ0n) is 13.4. The van der Waals surface area contributed by atoms with Gasteiger partial charge in [-0.2, -0.15) is 0 Å². The Morgan fingerprint density at radius 3 is 2.61 bits per heavy atom. The van der Waals surface area contributed by atoms with Gasteiger partial charge >= 0.3 is 0 Å². The van der Waals surface area contributed by atoms with Crippen LogP contribution in [-0.4, -0.2) is 12.5 Å². The molecule has 0 unspecified atom stereocenters. The number of nitrogen functional groups attached to an aromatic ring is 1. The maximum Gasteiger partial charge on any atom is 0.253 e. The van der Waals surface area contributed by atoms with Gasteiger partial charge in [-0.25, -0.2) is 0 Å². The summed E-state index contributed by atoms with van der Waals surface area (Å²) in [6.45, 7) is 5.32. The van der Waals surface area contributed by atoms with Gasteiger partial charge in [0.15, 0.2) is 0 Å². The molecule has 0 aliphatic heterocycles. The summed E-state index contributed by atoms with van der Waals surface area (Å²) in [4.78, 5) is 12.1. The number of carbonyl (C=O) groups excluding carboxylic acids is 1. The van der Waals surface area contributed by atoms with Crippen molar-refractivity contribution in [3.8, 4) is 5.75 Å². The fourth-order valence-corrected chi connectivity index (χ4v) is 1.99. The molecule has 2 aromatic carbocycles. The number of hydrogen-bond donors (Lipinski definition) is 2. The molecule has 0 aliphatic rings.